The normalized spacial score (nSPS) is 11.6. The molecule has 0 aliphatic carbocycles. The molecule has 0 unspecified atom stereocenters. The highest BCUT2D eigenvalue weighted by molar-refractivity contribution is 7.92. The van der Waals surface area contributed by atoms with Gasteiger partial charge in [-0.1, -0.05) is 12.1 Å². The molecule has 0 aliphatic rings. The van der Waals surface area contributed by atoms with E-state index < -0.39 is 15.9 Å². The Hall–Kier alpha value is -3.72. The van der Waals surface area contributed by atoms with E-state index in [-0.39, 0.29) is 10.5 Å². The first-order valence-corrected chi connectivity index (χ1v) is 10.4. The van der Waals surface area contributed by atoms with Crippen molar-refractivity contribution < 1.29 is 17.9 Å². The van der Waals surface area contributed by atoms with Crippen LogP contribution in [0, 0.1) is 0 Å². The van der Waals surface area contributed by atoms with Gasteiger partial charge in [-0.2, -0.15) is 5.10 Å². The fourth-order valence-corrected chi connectivity index (χ4v) is 3.61. The summed E-state index contributed by atoms with van der Waals surface area (Å²) in [5.41, 5.74) is 4.10. The monoisotopic (exact) mass is 424 g/mol. The lowest BCUT2D eigenvalue weighted by Gasteiger charge is -2.10. The number of carbonyl (C=O) groups is 1. The fourth-order valence-electron chi connectivity index (χ4n) is 2.51. The number of anilines is 1. The van der Waals surface area contributed by atoms with Gasteiger partial charge < -0.3 is 4.74 Å². The van der Waals surface area contributed by atoms with Crippen LogP contribution in [0.15, 0.2) is 82.9 Å². The number of hydrogen-bond donors (Lipinski definition) is 2. The number of nitrogens with one attached hydrogen (secondary N) is 2. The number of benzene rings is 2. The first kappa shape index (κ1) is 21.0. The zero-order valence-electron chi connectivity index (χ0n) is 16.4. The van der Waals surface area contributed by atoms with Crippen LogP contribution in [-0.2, 0) is 10.0 Å². The van der Waals surface area contributed by atoms with Crippen molar-refractivity contribution in [3.8, 4) is 5.75 Å². The van der Waals surface area contributed by atoms with Gasteiger partial charge in [0.1, 0.15) is 5.75 Å². The Morgan fingerprint density at radius 2 is 1.80 bits per heavy atom. The maximum atomic E-state index is 12.7. The number of nitrogens with zero attached hydrogens (tertiary/aromatic N) is 2. The number of pyridine rings is 1. The van der Waals surface area contributed by atoms with Crippen LogP contribution in [-0.4, -0.2) is 32.1 Å². The lowest BCUT2D eigenvalue weighted by Crippen LogP contribution is -2.20. The summed E-state index contributed by atoms with van der Waals surface area (Å²) in [6, 6.07) is 17.5. The largest absolute Gasteiger partial charge is 0.497 e. The van der Waals surface area contributed by atoms with Gasteiger partial charge in [-0.15, -0.1) is 0 Å². The highest BCUT2D eigenvalue weighted by Gasteiger charge is 2.16. The summed E-state index contributed by atoms with van der Waals surface area (Å²) in [6.45, 7) is 1.71. The van der Waals surface area contributed by atoms with Crippen molar-refractivity contribution in [1.29, 1.82) is 0 Å². The maximum Gasteiger partial charge on any atom is 0.271 e. The molecule has 0 saturated carbocycles. The Morgan fingerprint density at radius 1 is 1.03 bits per heavy atom. The van der Waals surface area contributed by atoms with Gasteiger partial charge in [0.05, 0.1) is 23.4 Å². The molecule has 30 heavy (non-hydrogen) atoms. The molecule has 9 heteroatoms. The average Bonchev–Trinajstić information content (AvgIpc) is 2.78. The number of hydrazone groups is 1. The van der Waals surface area contributed by atoms with Gasteiger partial charge in [-0.3, -0.25) is 14.5 Å². The first-order valence-electron chi connectivity index (χ1n) is 8.92. The van der Waals surface area contributed by atoms with Crippen molar-refractivity contribution in [1.82, 2.24) is 10.4 Å². The Kier molecular flexibility index (Phi) is 6.43. The third-order valence-corrected chi connectivity index (χ3v) is 5.49. The van der Waals surface area contributed by atoms with Gasteiger partial charge in [0.15, 0.2) is 0 Å². The summed E-state index contributed by atoms with van der Waals surface area (Å²) in [7, 11) is -2.35. The van der Waals surface area contributed by atoms with Crippen molar-refractivity contribution in [2.24, 2.45) is 5.10 Å². The molecule has 1 amide bonds. The summed E-state index contributed by atoms with van der Waals surface area (Å²) in [4.78, 5) is 16.5. The highest BCUT2D eigenvalue weighted by atomic mass is 32.2. The third-order valence-electron chi connectivity index (χ3n) is 4.11. The van der Waals surface area contributed by atoms with Crippen LogP contribution in [0.25, 0.3) is 0 Å². The minimum atomic E-state index is -3.88. The number of sulfonamides is 1. The van der Waals surface area contributed by atoms with Gasteiger partial charge in [0.2, 0.25) is 0 Å². The number of aromatic nitrogens is 1. The molecule has 1 heterocycles. The summed E-state index contributed by atoms with van der Waals surface area (Å²) >= 11 is 0. The molecule has 0 fully saturated rings. The van der Waals surface area contributed by atoms with Gasteiger partial charge in [0.25, 0.3) is 15.9 Å². The van der Waals surface area contributed by atoms with E-state index in [2.05, 4.69) is 20.2 Å². The molecule has 0 atom stereocenters. The molecule has 3 aromatic rings. The Morgan fingerprint density at radius 3 is 2.47 bits per heavy atom. The Labute approximate surface area is 174 Å². The Balaban J connectivity index is 1.75. The van der Waals surface area contributed by atoms with Crippen molar-refractivity contribution >= 4 is 27.3 Å². The minimum absolute atomic E-state index is 0.0450. The van der Waals surface area contributed by atoms with Crippen LogP contribution in [0.1, 0.15) is 23.0 Å². The highest BCUT2D eigenvalue weighted by Crippen LogP contribution is 2.20. The Bertz CT molecular complexity index is 1160. The second-order valence-electron chi connectivity index (χ2n) is 6.21. The van der Waals surface area contributed by atoms with Crippen LogP contribution in [0.3, 0.4) is 0 Å². The fraction of sp³-hybridized carbons (Fsp3) is 0.0952. The van der Waals surface area contributed by atoms with Crippen LogP contribution in [0.5, 0.6) is 5.75 Å². The lowest BCUT2D eigenvalue weighted by atomic mass is 10.2. The van der Waals surface area contributed by atoms with Crippen molar-refractivity contribution in [3.63, 3.8) is 0 Å². The molecular formula is C21H20N4O4S. The van der Waals surface area contributed by atoms with Gasteiger partial charge in [0, 0.05) is 17.4 Å². The molecule has 3 rings (SSSR count). The van der Waals surface area contributed by atoms with E-state index in [1.54, 1.807) is 49.5 Å². The number of rotatable bonds is 7. The summed E-state index contributed by atoms with van der Waals surface area (Å²) in [6.07, 6.45) is 1.63. The van der Waals surface area contributed by atoms with E-state index in [0.717, 1.165) is 0 Å². The molecule has 0 radical (unpaired) electrons. The van der Waals surface area contributed by atoms with Crippen LogP contribution in [0.4, 0.5) is 5.69 Å². The molecule has 0 saturated heterocycles. The predicted molar refractivity (Wildman–Crippen MR) is 114 cm³/mol. The van der Waals surface area contributed by atoms with E-state index in [4.69, 9.17) is 4.74 Å². The van der Waals surface area contributed by atoms with E-state index >= 15 is 0 Å². The number of ether oxygens (including phenoxy) is 1. The average molecular weight is 424 g/mol. The molecule has 8 nitrogen and oxygen atoms in total. The second kappa shape index (κ2) is 9.19. The van der Waals surface area contributed by atoms with E-state index in [9.17, 15) is 13.2 Å². The van der Waals surface area contributed by atoms with Crippen LogP contribution in [0.2, 0.25) is 0 Å². The number of carbonyl (C=O) groups excluding carboxylic acids is 1. The maximum absolute atomic E-state index is 12.7. The third kappa shape index (κ3) is 5.21. The van der Waals surface area contributed by atoms with Gasteiger partial charge in [-0.05, 0) is 61.5 Å². The predicted octanol–water partition coefficient (Wildman–Crippen LogP) is 3.05. The molecule has 0 aliphatic heterocycles. The number of methoxy groups -OCH3 is 1. The topological polar surface area (TPSA) is 110 Å². The van der Waals surface area contributed by atoms with Crippen LogP contribution < -0.4 is 14.9 Å². The molecule has 2 aromatic carbocycles. The SMILES string of the molecule is COc1ccc(NS(=O)(=O)c2cccc(C(=O)NN=C(C)c3ccccn3)c2)cc1. The molecule has 0 spiro atoms. The molecular weight excluding hydrogens is 404 g/mol. The van der Waals surface area contributed by atoms with E-state index in [1.807, 2.05) is 6.07 Å². The molecule has 1 aromatic heterocycles. The van der Waals surface area contributed by atoms with Crippen LogP contribution >= 0.6 is 0 Å². The summed E-state index contributed by atoms with van der Waals surface area (Å²) in [5, 5.41) is 4.02. The quantitative estimate of drug-likeness (QED) is 0.447. The van der Waals surface area contributed by atoms with Gasteiger partial charge in [-0.25, -0.2) is 13.8 Å². The standard InChI is InChI=1S/C21H20N4O4S/c1-15(20-8-3-4-13-22-20)23-24-21(26)16-6-5-7-19(14-16)30(27,28)25-17-9-11-18(29-2)12-10-17/h3-14,25H,1-2H3,(H,24,26). The van der Waals surface area contributed by atoms with Crippen molar-refractivity contribution in [3.05, 3.63) is 84.2 Å². The lowest BCUT2D eigenvalue weighted by molar-refractivity contribution is 0.0954. The van der Waals surface area contributed by atoms with Crippen molar-refractivity contribution in [2.45, 2.75) is 11.8 Å². The number of hydrogen-bond acceptors (Lipinski definition) is 6. The first-order chi connectivity index (χ1) is 14.4. The minimum Gasteiger partial charge on any atom is -0.497 e. The smallest absolute Gasteiger partial charge is 0.271 e. The number of amides is 1. The second-order valence-corrected chi connectivity index (χ2v) is 7.90. The van der Waals surface area contributed by atoms with E-state index in [1.165, 1.54) is 31.4 Å². The molecule has 0 bridgehead atoms. The van der Waals surface area contributed by atoms with Crippen molar-refractivity contribution in [2.75, 3.05) is 11.8 Å². The summed E-state index contributed by atoms with van der Waals surface area (Å²) < 4.78 is 32.9. The molecule has 2 N–H and O–H groups in total. The molecule has 154 valence electrons. The van der Waals surface area contributed by atoms with Gasteiger partial charge >= 0.3 is 0 Å². The zero-order chi connectivity index (χ0) is 21.6. The summed E-state index contributed by atoms with van der Waals surface area (Å²) in [5.74, 6) is 0.0740. The van der Waals surface area contributed by atoms with E-state index in [0.29, 0.717) is 22.8 Å². The zero-order valence-corrected chi connectivity index (χ0v) is 17.2.